The van der Waals surface area contributed by atoms with Gasteiger partial charge in [-0.05, 0) is 38.3 Å². The minimum Gasteiger partial charge on any atom is -0.0764 e. The van der Waals surface area contributed by atoms with E-state index < -0.39 is 0 Å². The Bertz CT molecular complexity index is 360. The van der Waals surface area contributed by atoms with E-state index in [1.165, 1.54) is 22.3 Å². The number of hydrogen-bond donors (Lipinski definition) is 0. The van der Waals surface area contributed by atoms with Gasteiger partial charge in [0, 0.05) is 0 Å². The van der Waals surface area contributed by atoms with Crippen molar-refractivity contribution >= 4 is 5.57 Å². The van der Waals surface area contributed by atoms with E-state index in [0.29, 0.717) is 0 Å². The summed E-state index contributed by atoms with van der Waals surface area (Å²) in [6.45, 7) is 8.57. The van der Waals surface area contributed by atoms with Crippen molar-refractivity contribution in [1.29, 1.82) is 0 Å². The summed E-state index contributed by atoms with van der Waals surface area (Å²) in [4.78, 5) is 0. The monoisotopic (exact) mass is 200 g/mol. The SMILES string of the molecule is CCC(=CC=C(C)C)c1ccc(C)cc1. The van der Waals surface area contributed by atoms with Crippen molar-refractivity contribution in [3.63, 3.8) is 0 Å². The molecule has 80 valence electrons. The predicted molar refractivity (Wildman–Crippen MR) is 68.9 cm³/mol. The summed E-state index contributed by atoms with van der Waals surface area (Å²) in [6.07, 6.45) is 5.48. The maximum absolute atomic E-state index is 2.22. The van der Waals surface area contributed by atoms with Gasteiger partial charge in [0.2, 0.25) is 0 Å². The lowest BCUT2D eigenvalue weighted by Gasteiger charge is -2.04. The lowest BCUT2D eigenvalue weighted by atomic mass is 10.0. The summed E-state index contributed by atoms with van der Waals surface area (Å²) in [7, 11) is 0. The van der Waals surface area contributed by atoms with Crippen molar-refractivity contribution in [3.05, 3.63) is 53.1 Å². The molecule has 0 saturated carbocycles. The molecule has 0 radical (unpaired) electrons. The fourth-order valence-electron chi connectivity index (χ4n) is 1.45. The molecule has 0 aromatic heterocycles. The highest BCUT2D eigenvalue weighted by Gasteiger charge is 1.96. The number of benzene rings is 1. The summed E-state index contributed by atoms with van der Waals surface area (Å²) in [5.41, 5.74) is 5.39. The topological polar surface area (TPSA) is 0 Å². The van der Waals surface area contributed by atoms with E-state index in [1.807, 2.05) is 0 Å². The van der Waals surface area contributed by atoms with Gasteiger partial charge in [-0.2, -0.15) is 0 Å². The van der Waals surface area contributed by atoms with Crippen LogP contribution in [0.1, 0.15) is 38.3 Å². The first-order valence-corrected chi connectivity index (χ1v) is 5.54. The van der Waals surface area contributed by atoms with Gasteiger partial charge in [-0.3, -0.25) is 0 Å². The first-order chi connectivity index (χ1) is 7.13. The Morgan fingerprint density at radius 3 is 2.13 bits per heavy atom. The highest BCUT2D eigenvalue weighted by molar-refractivity contribution is 5.67. The molecular weight excluding hydrogens is 180 g/mol. The van der Waals surface area contributed by atoms with Crippen LogP contribution in [0.4, 0.5) is 0 Å². The molecule has 0 aliphatic carbocycles. The molecule has 0 aliphatic rings. The largest absolute Gasteiger partial charge is 0.0764 e. The molecule has 0 nitrogen and oxygen atoms in total. The van der Waals surface area contributed by atoms with Crippen molar-refractivity contribution in [2.45, 2.75) is 34.1 Å². The molecule has 0 amide bonds. The van der Waals surface area contributed by atoms with Gasteiger partial charge in [0.25, 0.3) is 0 Å². The zero-order chi connectivity index (χ0) is 11.3. The van der Waals surface area contributed by atoms with Crippen LogP contribution in [-0.4, -0.2) is 0 Å². The second-order valence-corrected chi connectivity index (χ2v) is 4.16. The molecule has 0 heteroatoms. The van der Waals surface area contributed by atoms with E-state index >= 15 is 0 Å². The van der Waals surface area contributed by atoms with Gasteiger partial charge >= 0.3 is 0 Å². The van der Waals surface area contributed by atoms with Crippen LogP contribution < -0.4 is 0 Å². The zero-order valence-corrected chi connectivity index (χ0v) is 10.2. The van der Waals surface area contributed by atoms with Gasteiger partial charge in [-0.15, -0.1) is 0 Å². The number of allylic oxidation sites excluding steroid dienone is 4. The Hall–Kier alpha value is -1.30. The van der Waals surface area contributed by atoms with Crippen LogP contribution in [0.25, 0.3) is 5.57 Å². The molecule has 0 bridgehead atoms. The van der Waals surface area contributed by atoms with Gasteiger partial charge in [0.1, 0.15) is 0 Å². The highest BCUT2D eigenvalue weighted by Crippen LogP contribution is 2.18. The molecule has 0 unspecified atom stereocenters. The third kappa shape index (κ3) is 3.75. The predicted octanol–water partition coefficient (Wildman–Crippen LogP) is 4.75. The van der Waals surface area contributed by atoms with Gasteiger partial charge in [-0.25, -0.2) is 0 Å². The first kappa shape index (κ1) is 11.8. The summed E-state index contributed by atoms with van der Waals surface area (Å²) in [6, 6.07) is 8.73. The van der Waals surface area contributed by atoms with Gasteiger partial charge < -0.3 is 0 Å². The second kappa shape index (κ2) is 5.55. The molecular formula is C15H20. The zero-order valence-electron chi connectivity index (χ0n) is 10.2. The average molecular weight is 200 g/mol. The summed E-state index contributed by atoms with van der Waals surface area (Å²) < 4.78 is 0. The second-order valence-electron chi connectivity index (χ2n) is 4.16. The molecule has 15 heavy (non-hydrogen) atoms. The van der Waals surface area contributed by atoms with E-state index in [4.69, 9.17) is 0 Å². The standard InChI is InChI=1S/C15H20/c1-5-14(9-6-12(2)3)15-10-7-13(4)8-11-15/h6-11H,5H2,1-4H3. The molecule has 0 heterocycles. The van der Waals surface area contributed by atoms with Gasteiger partial charge in [0.05, 0.1) is 0 Å². The lowest BCUT2D eigenvalue weighted by Crippen LogP contribution is -1.83. The molecule has 0 fully saturated rings. The Morgan fingerprint density at radius 2 is 1.67 bits per heavy atom. The van der Waals surface area contributed by atoms with E-state index in [2.05, 4.69) is 64.1 Å². The summed E-state index contributed by atoms with van der Waals surface area (Å²) in [5, 5.41) is 0. The van der Waals surface area contributed by atoms with Crippen molar-refractivity contribution in [2.75, 3.05) is 0 Å². The van der Waals surface area contributed by atoms with Crippen LogP contribution in [-0.2, 0) is 0 Å². The van der Waals surface area contributed by atoms with E-state index in [1.54, 1.807) is 0 Å². The minimum absolute atomic E-state index is 1.08. The van der Waals surface area contributed by atoms with Gasteiger partial charge in [0.15, 0.2) is 0 Å². The van der Waals surface area contributed by atoms with Crippen molar-refractivity contribution in [1.82, 2.24) is 0 Å². The fraction of sp³-hybridized carbons (Fsp3) is 0.333. The summed E-state index contributed by atoms with van der Waals surface area (Å²) in [5.74, 6) is 0. The lowest BCUT2D eigenvalue weighted by molar-refractivity contribution is 1.23. The number of rotatable bonds is 3. The molecule has 0 N–H and O–H groups in total. The van der Waals surface area contributed by atoms with E-state index in [-0.39, 0.29) is 0 Å². The van der Waals surface area contributed by atoms with Crippen LogP contribution in [0.2, 0.25) is 0 Å². The van der Waals surface area contributed by atoms with Gasteiger partial charge in [-0.1, -0.05) is 54.5 Å². The van der Waals surface area contributed by atoms with Crippen molar-refractivity contribution in [3.8, 4) is 0 Å². The molecule has 1 aromatic rings. The average Bonchev–Trinajstić information content (AvgIpc) is 2.21. The molecule has 0 spiro atoms. The van der Waals surface area contributed by atoms with Crippen molar-refractivity contribution in [2.24, 2.45) is 0 Å². The highest BCUT2D eigenvalue weighted by atomic mass is 14.0. The molecule has 0 saturated heterocycles. The third-order valence-electron chi connectivity index (χ3n) is 2.42. The van der Waals surface area contributed by atoms with E-state index in [9.17, 15) is 0 Å². The Balaban J connectivity index is 2.97. The minimum atomic E-state index is 1.08. The molecule has 0 aliphatic heterocycles. The smallest absolute Gasteiger partial charge is 0.0224 e. The Morgan fingerprint density at radius 1 is 1.07 bits per heavy atom. The normalized spacial score (nSPS) is 11.3. The van der Waals surface area contributed by atoms with Crippen molar-refractivity contribution < 1.29 is 0 Å². The fourth-order valence-corrected chi connectivity index (χ4v) is 1.45. The maximum Gasteiger partial charge on any atom is -0.0224 e. The molecule has 0 atom stereocenters. The van der Waals surface area contributed by atoms with Crippen LogP contribution in [0, 0.1) is 6.92 Å². The van der Waals surface area contributed by atoms with Crippen LogP contribution >= 0.6 is 0 Å². The van der Waals surface area contributed by atoms with Crippen LogP contribution in [0.15, 0.2) is 42.0 Å². The maximum atomic E-state index is 2.22. The van der Waals surface area contributed by atoms with Crippen LogP contribution in [0.3, 0.4) is 0 Å². The Labute approximate surface area is 93.3 Å². The number of hydrogen-bond acceptors (Lipinski definition) is 0. The third-order valence-corrected chi connectivity index (χ3v) is 2.42. The van der Waals surface area contributed by atoms with E-state index in [0.717, 1.165) is 6.42 Å². The van der Waals surface area contributed by atoms with Crippen LogP contribution in [0.5, 0.6) is 0 Å². The summed E-state index contributed by atoms with van der Waals surface area (Å²) >= 11 is 0. The molecule has 1 aromatic carbocycles. The number of aryl methyl sites for hydroxylation is 1. The Kier molecular flexibility index (Phi) is 4.36. The first-order valence-electron chi connectivity index (χ1n) is 5.54. The molecule has 1 rings (SSSR count). The quantitative estimate of drug-likeness (QED) is 0.617.